The molecule has 3 aromatic rings. The molecule has 0 aliphatic carbocycles. The van der Waals surface area contributed by atoms with Crippen LogP contribution in [0.4, 0.5) is 5.69 Å². The van der Waals surface area contributed by atoms with Crippen LogP contribution in [0.5, 0.6) is 0 Å². The Morgan fingerprint density at radius 1 is 1.36 bits per heavy atom. The van der Waals surface area contributed by atoms with Gasteiger partial charge in [-0.15, -0.1) is 0 Å². The summed E-state index contributed by atoms with van der Waals surface area (Å²) in [6.07, 6.45) is 1.39. The van der Waals surface area contributed by atoms with Gasteiger partial charge in [0, 0.05) is 30.3 Å². The van der Waals surface area contributed by atoms with Crippen molar-refractivity contribution < 1.29 is 14.1 Å². The number of rotatable bonds is 4. The van der Waals surface area contributed by atoms with Crippen molar-refractivity contribution in [3.63, 3.8) is 0 Å². The van der Waals surface area contributed by atoms with Crippen molar-refractivity contribution in [1.29, 1.82) is 0 Å². The number of hydrogen-bond acceptors (Lipinski definition) is 5. The number of fused-ring (bicyclic) bond motifs is 1. The number of pyridine rings is 1. The Kier molecular flexibility index (Phi) is 3.71. The van der Waals surface area contributed by atoms with Gasteiger partial charge in [0.2, 0.25) is 11.3 Å². The molecule has 0 aliphatic heterocycles. The second kappa shape index (κ2) is 5.82. The highest BCUT2D eigenvalue weighted by atomic mass is 16.5. The first kappa shape index (κ1) is 14.0. The number of H-pyrrole nitrogens is 1. The van der Waals surface area contributed by atoms with Gasteiger partial charge >= 0.3 is 0 Å². The molecule has 0 bridgehead atoms. The molecule has 0 saturated carbocycles. The lowest BCUT2D eigenvalue weighted by atomic mass is 10.1. The van der Waals surface area contributed by atoms with E-state index in [2.05, 4.69) is 15.5 Å². The van der Waals surface area contributed by atoms with Crippen LogP contribution in [0.2, 0.25) is 0 Å². The van der Waals surface area contributed by atoms with Gasteiger partial charge in [-0.05, 0) is 17.7 Å². The molecule has 22 heavy (non-hydrogen) atoms. The quantitative estimate of drug-likeness (QED) is 0.767. The first-order valence-corrected chi connectivity index (χ1v) is 6.54. The van der Waals surface area contributed by atoms with Gasteiger partial charge in [0.1, 0.15) is 0 Å². The monoisotopic (exact) mass is 299 g/mol. The van der Waals surface area contributed by atoms with E-state index in [1.807, 2.05) is 6.07 Å². The van der Waals surface area contributed by atoms with Crippen LogP contribution in [0.25, 0.3) is 10.9 Å². The topological polar surface area (TPSA) is 97.2 Å². The summed E-state index contributed by atoms with van der Waals surface area (Å²) in [7, 11) is 1.57. The second-order valence-electron chi connectivity index (χ2n) is 4.68. The SMILES string of the molecule is COCc1cc(=O)[nH]c2cc(NC(=O)c3ccno3)ccc12. The Morgan fingerprint density at radius 3 is 2.95 bits per heavy atom. The number of ether oxygens (including phenoxy) is 1. The molecule has 0 unspecified atom stereocenters. The molecule has 3 rings (SSSR count). The zero-order valence-corrected chi connectivity index (χ0v) is 11.8. The highest BCUT2D eigenvalue weighted by Crippen LogP contribution is 2.20. The molecule has 7 nitrogen and oxygen atoms in total. The third kappa shape index (κ3) is 2.75. The van der Waals surface area contributed by atoms with Gasteiger partial charge in [-0.25, -0.2) is 0 Å². The molecule has 0 fully saturated rings. The molecule has 0 radical (unpaired) electrons. The number of amides is 1. The maximum Gasteiger partial charge on any atom is 0.294 e. The molecule has 0 atom stereocenters. The Labute approximate surface area is 124 Å². The molecule has 0 spiro atoms. The van der Waals surface area contributed by atoms with Crippen LogP contribution in [-0.2, 0) is 11.3 Å². The second-order valence-corrected chi connectivity index (χ2v) is 4.68. The molecule has 2 N–H and O–H groups in total. The first-order chi connectivity index (χ1) is 10.7. The number of nitrogens with zero attached hydrogens (tertiary/aromatic N) is 1. The van der Waals surface area contributed by atoms with E-state index >= 15 is 0 Å². The lowest BCUT2D eigenvalue weighted by molar-refractivity contribution is 0.0988. The third-order valence-electron chi connectivity index (χ3n) is 3.15. The molecule has 7 heteroatoms. The highest BCUT2D eigenvalue weighted by molar-refractivity contribution is 6.03. The van der Waals surface area contributed by atoms with E-state index in [9.17, 15) is 9.59 Å². The van der Waals surface area contributed by atoms with Gasteiger partial charge < -0.3 is 19.6 Å². The summed E-state index contributed by atoms with van der Waals surface area (Å²) in [6, 6.07) is 8.21. The summed E-state index contributed by atoms with van der Waals surface area (Å²) in [6.45, 7) is 0.337. The molecule has 0 aliphatic rings. The van der Waals surface area contributed by atoms with Crippen molar-refractivity contribution in [3.8, 4) is 0 Å². The van der Waals surface area contributed by atoms with Crippen molar-refractivity contribution in [2.75, 3.05) is 12.4 Å². The summed E-state index contributed by atoms with van der Waals surface area (Å²) >= 11 is 0. The third-order valence-corrected chi connectivity index (χ3v) is 3.15. The van der Waals surface area contributed by atoms with E-state index in [-0.39, 0.29) is 11.3 Å². The zero-order chi connectivity index (χ0) is 15.5. The number of aromatic amines is 1. The smallest absolute Gasteiger partial charge is 0.294 e. The lowest BCUT2D eigenvalue weighted by Gasteiger charge is -2.08. The minimum absolute atomic E-state index is 0.113. The average Bonchev–Trinajstić information content (AvgIpc) is 3.01. The predicted molar refractivity (Wildman–Crippen MR) is 79.7 cm³/mol. The van der Waals surface area contributed by atoms with Crippen LogP contribution < -0.4 is 10.9 Å². The molecular weight excluding hydrogens is 286 g/mol. The van der Waals surface area contributed by atoms with Crippen LogP contribution in [0.15, 0.2) is 45.8 Å². The van der Waals surface area contributed by atoms with E-state index in [1.54, 1.807) is 19.2 Å². The summed E-state index contributed by atoms with van der Waals surface area (Å²) in [5, 5.41) is 7.02. The number of carbonyl (C=O) groups is 1. The molecule has 2 aromatic heterocycles. The van der Waals surface area contributed by atoms with Crippen LogP contribution in [0, 0.1) is 0 Å². The number of benzene rings is 1. The van der Waals surface area contributed by atoms with Gasteiger partial charge in [0.25, 0.3) is 5.91 Å². The van der Waals surface area contributed by atoms with Crippen LogP contribution in [-0.4, -0.2) is 23.2 Å². The van der Waals surface area contributed by atoms with Gasteiger partial charge in [-0.3, -0.25) is 9.59 Å². The Hall–Kier alpha value is -2.93. The zero-order valence-electron chi connectivity index (χ0n) is 11.8. The molecule has 112 valence electrons. The van der Waals surface area contributed by atoms with Crippen molar-refractivity contribution in [3.05, 3.63) is 58.2 Å². The number of methoxy groups -OCH3 is 1. The van der Waals surface area contributed by atoms with Crippen molar-refractivity contribution in [2.24, 2.45) is 0 Å². The van der Waals surface area contributed by atoms with Crippen LogP contribution in [0.3, 0.4) is 0 Å². The van der Waals surface area contributed by atoms with E-state index in [4.69, 9.17) is 9.26 Å². The largest absolute Gasteiger partial charge is 0.380 e. The standard InChI is InChI=1S/C15H13N3O4/c1-21-8-9-6-14(19)18-12-7-10(2-3-11(9)12)17-15(20)13-4-5-16-22-13/h2-7H,8H2,1H3,(H,17,20)(H,18,19). The minimum Gasteiger partial charge on any atom is -0.380 e. The van der Waals surface area contributed by atoms with Gasteiger partial charge in [-0.1, -0.05) is 11.2 Å². The fourth-order valence-electron chi connectivity index (χ4n) is 2.21. The molecule has 0 saturated heterocycles. The molecule has 1 amide bonds. The highest BCUT2D eigenvalue weighted by Gasteiger charge is 2.11. The van der Waals surface area contributed by atoms with Crippen LogP contribution in [0.1, 0.15) is 16.1 Å². The van der Waals surface area contributed by atoms with Gasteiger partial charge in [0.15, 0.2) is 0 Å². The van der Waals surface area contributed by atoms with E-state index < -0.39 is 5.91 Å². The maximum atomic E-state index is 11.9. The predicted octanol–water partition coefficient (Wildman–Crippen LogP) is 1.91. The fourth-order valence-corrected chi connectivity index (χ4v) is 2.21. The molecule has 2 heterocycles. The number of nitrogens with one attached hydrogen (secondary N) is 2. The van der Waals surface area contributed by atoms with Gasteiger partial charge in [0.05, 0.1) is 18.3 Å². The summed E-state index contributed by atoms with van der Waals surface area (Å²) in [5.74, 6) is -0.297. The van der Waals surface area contributed by atoms with Crippen LogP contribution >= 0.6 is 0 Å². The fraction of sp³-hybridized carbons (Fsp3) is 0.133. The molecule has 1 aromatic carbocycles. The normalized spacial score (nSPS) is 10.8. The van der Waals surface area contributed by atoms with Crippen molar-refractivity contribution in [1.82, 2.24) is 10.1 Å². The Bertz CT molecular complexity index is 868. The number of anilines is 1. The Balaban J connectivity index is 1.96. The number of aromatic nitrogens is 2. The summed E-state index contributed by atoms with van der Waals surface area (Å²) in [5.41, 5.74) is 1.72. The molecular formula is C15H13N3O4. The Morgan fingerprint density at radius 2 is 2.23 bits per heavy atom. The number of carbonyl (C=O) groups excluding carboxylic acids is 1. The van der Waals surface area contributed by atoms with E-state index in [0.717, 1.165) is 10.9 Å². The first-order valence-electron chi connectivity index (χ1n) is 6.54. The van der Waals surface area contributed by atoms with E-state index in [1.165, 1.54) is 18.3 Å². The average molecular weight is 299 g/mol. The van der Waals surface area contributed by atoms with Crippen molar-refractivity contribution in [2.45, 2.75) is 6.61 Å². The summed E-state index contributed by atoms with van der Waals surface area (Å²) in [4.78, 5) is 26.3. The maximum absolute atomic E-state index is 11.9. The lowest BCUT2D eigenvalue weighted by Crippen LogP contribution is -2.12. The van der Waals surface area contributed by atoms with E-state index in [0.29, 0.717) is 17.8 Å². The van der Waals surface area contributed by atoms with Crippen molar-refractivity contribution >= 4 is 22.5 Å². The van der Waals surface area contributed by atoms with Gasteiger partial charge in [-0.2, -0.15) is 0 Å². The minimum atomic E-state index is -0.410. The summed E-state index contributed by atoms with van der Waals surface area (Å²) < 4.78 is 9.88. The number of hydrogen-bond donors (Lipinski definition) is 2.